The van der Waals surface area contributed by atoms with Gasteiger partial charge in [0.25, 0.3) is 0 Å². The zero-order chi connectivity index (χ0) is 12.1. The molecule has 0 heterocycles. The molecule has 1 atom stereocenters. The van der Waals surface area contributed by atoms with Gasteiger partial charge in [0.2, 0.25) is 0 Å². The van der Waals surface area contributed by atoms with E-state index in [0.29, 0.717) is 12.3 Å². The maximum atomic E-state index is 11.4. The fraction of sp³-hybridized carbons (Fsp3) is 0.417. The maximum Gasteiger partial charge on any atom is 0.412 e. The number of rotatable bonds is 3. The Kier molecular flexibility index (Phi) is 4.31. The van der Waals surface area contributed by atoms with Gasteiger partial charge in [-0.05, 0) is 38.0 Å². The maximum absolute atomic E-state index is 11.4. The van der Waals surface area contributed by atoms with Crippen molar-refractivity contribution in [1.82, 2.24) is 5.32 Å². The minimum Gasteiger partial charge on any atom is -0.410 e. The Bertz CT molecular complexity index is 375. The first-order valence-corrected chi connectivity index (χ1v) is 5.27. The van der Waals surface area contributed by atoms with E-state index in [1.807, 2.05) is 39.0 Å². The number of carbonyl (C=O) groups excluding carboxylic acids is 1. The van der Waals surface area contributed by atoms with Gasteiger partial charge in [-0.3, -0.25) is 0 Å². The van der Waals surface area contributed by atoms with Crippen LogP contribution in [0.25, 0.3) is 0 Å². The molecule has 1 rings (SSSR count). The molecular weight excluding hydrogens is 204 g/mol. The summed E-state index contributed by atoms with van der Waals surface area (Å²) >= 11 is 0. The summed E-state index contributed by atoms with van der Waals surface area (Å²) in [5.74, 6) is 0.585. The van der Waals surface area contributed by atoms with Gasteiger partial charge in [0.1, 0.15) is 5.75 Å². The fourth-order valence-electron chi connectivity index (χ4n) is 1.20. The number of nitrogens with two attached hydrogens (primary N) is 1. The van der Waals surface area contributed by atoms with Gasteiger partial charge >= 0.3 is 6.09 Å². The first-order chi connectivity index (χ1) is 7.49. The highest BCUT2D eigenvalue weighted by molar-refractivity contribution is 5.70. The lowest BCUT2D eigenvalue weighted by Gasteiger charge is -2.10. The lowest BCUT2D eigenvalue weighted by Crippen LogP contribution is -2.36. The number of amides is 1. The SMILES string of the molecule is Cc1ccc(C)c(OC(=O)NCC(C)N)c1. The van der Waals surface area contributed by atoms with Crippen LogP contribution in [0.15, 0.2) is 18.2 Å². The minimum atomic E-state index is -0.467. The van der Waals surface area contributed by atoms with Crippen LogP contribution in [-0.4, -0.2) is 18.7 Å². The van der Waals surface area contributed by atoms with Crippen molar-refractivity contribution in [3.05, 3.63) is 29.3 Å². The van der Waals surface area contributed by atoms with Gasteiger partial charge in [-0.25, -0.2) is 4.79 Å². The third-order valence-corrected chi connectivity index (χ3v) is 2.11. The van der Waals surface area contributed by atoms with Gasteiger partial charge < -0.3 is 15.8 Å². The van der Waals surface area contributed by atoms with Gasteiger partial charge in [0, 0.05) is 12.6 Å². The highest BCUT2D eigenvalue weighted by atomic mass is 16.6. The van der Waals surface area contributed by atoms with Gasteiger partial charge in [0.05, 0.1) is 0 Å². The molecule has 4 nitrogen and oxygen atoms in total. The average Bonchev–Trinajstić information content (AvgIpc) is 2.20. The Morgan fingerprint density at radius 3 is 2.81 bits per heavy atom. The molecule has 0 aliphatic rings. The monoisotopic (exact) mass is 222 g/mol. The Balaban J connectivity index is 2.59. The summed E-state index contributed by atoms with van der Waals surface area (Å²) in [6.07, 6.45) is -0.467. The van der Waals surface area contributed by atoms with E-state index >= 15 is 0 Å². The second kappa shape index (κ2) is 5.51. The van der Waals surface area contributed by atoms with Crippen molar-refractivity contribution in [3.63, 3.8) is 0 Å². The molecule has 0 saturated heterocycles. The van der Waals surface area contributed by atoms with Gasteiger partial charge in [-0.2, -0.15) is 0 Å². The summed E-state index contributed by atoms with van der Waals surface area (Å²) in [5, 5.41) is 2.59. The van der Waals surface area contributed by atoms with Crippen LogP contribution in [0.2, 0.25) is 0 Å². The summed E-state index contributed by atoms with van der Waals surface area (Å²) in [4.78, 5) is 11.4. The van der Waals surface area contributed by atoms with Crippen molar-refractivity contribution < 1.29 is 9.53 Å². The molecule has 1 amide bonds. The van der Waals surface area contributed by atoms with Crippen LogP contribution in [0, 0.1) is 13.8 Å². The lowest BCUT2D eigenvalue weighted by atomic mass is 10.1. The quantitative estimate of drug-likeness (QED) is 0.818. The minimum absolute atomic E-state index is 0.0776. The molecule has 0 bridgehead atoms. The van der Waals surface area contributed by atoms with Crippen LogP contribution in [0.5, 0.6) is 5.75 Å². The van der Waals surface area contributed by atoms with Crippen molar-refractivity contribution in [1.29, 1.82) is 0 Å². The number of hydrogen-bond donors (Lipinski definition) is 2. The van der Waals surface area contributed by atoms with Crippen molar-refractivity contribution >= 4 is 6.09 Å². The zero-order valence-corrected chi connectivity index (χ0v) is 9.91. The largest absolute Gasteiger partial charge is 0.412 e. The number of nitrogens with one attached hydrogen (secondary N) is 1. The standard InChI is InChI=1S/C12H18N2O2/c1-8-4-5-9(2)11(6-8)16-12(15)14-7-10(3)13/h4-6,10H,7,13H2,1-3H3,(H,14,15). The molecule has 88 valence electrons. The molecule has 0 aromatic heterocycles. The molecule has 0 spiro atoms. The molecule has 1 aromatic carbocycles. The number of carbonyl (C=O) groups is 1. The molecular formula is C12H18N2O2. The number of aryl methyl sites for hydroxylation is 2. The van der Waals surface area contributed by atoms with Crippen LogP contribution in [0.4, 0.5) is 4.79 Å². The van der Waals surface area contributed by atoms with Crippen LogP contribution in [-0.2, 0) is 0 Å². The summed E-state index contributed by atoms with van der Waals surface area (Å²) in [6, 6.07) is 5.65. The van der Waals surface area contributed by atoms with Crippen LogP contribution >= 0.6 is 0 Å². The highest BCUT2D eigenvalue weighted by Gasteiger charge is 2.07. The Hall–Kier alpha value is -1.55. The normalized spacial score (nSPS) is 12.0. The van der Waals surface area contributed by atoms with E-state index in [0.717, 1.165) is 11.1 Å². The second-order valence-corrected chi connectivity index (χ2v) is 4.02. The molecule has 1 aromatic rings. The first-order valence-electron chi connectivity index (χ1n) is 5.27. The number of ether oxygens (including phenoxy) is 1. The molecule has 4 heteroatoms. The van der Waals surface area contributed by atoms with E-state index in [1.54, 1.807) is 0 Å². The topological polar surface area (TPSA) is 64.3 Å². The molecule has 16 heavy (non-hydrogen) atoms. The van der Waals surface area contributed by atoms with Crippen LogP contribution in [0.3, 0.4) is 0 Å². The van der Waals surface area contributed by atoms with Crippen molar-refractivity contribution in [2.24, 2.45) is 5.73 Å². The molecule has 0 saturated carbocycles. The first kappa shape index (κ1) is 12.5. The van der Waals surface area contributed by atoms with E-state index in [-0.39, 0.29) is 6.04 Å². The third kappa shape index (κ3) is 3.90. The van der Waals surface area contributed by atoms with Crippen molar-refractivity contribution in [2.45, 2.75) is 26.8 Å². The van der Waals surface area contributed by atoms with Gasteiger partial charge in [-0.1, -0.05) is 12.1 Å². The van der Waals surface area contributed by atoms with E-state index in [9.17, 15) is 4.79 Å². The van der Waals surface area contributed by atoms with Gasteiger partial charge in [0.15, 0.2) is 0 Å². The number of hydrogen-bond acceptors (Lipinski definition) is 3. The third-order valence-electron chi connectivity index (χ3n) is 2.11. The Morgan fingerprint density at radius 2 is 2.19 bits per heavy atom. The highest BCUT2D eigenvalue weighted by Crippen LogP contribution is 2.18. The van der Waals surface area contributed by atoms with Crippen LogP contribution < -0.4 is 15.8 Å². The summed E-state index contributed by atoms with van der Waals surface area (Å²) < 4.78 is 5.17. The van der Waals surface area contributed by atoms with E-state index in [1.165, 1.54) is 0 Å². The molecule has 1 unspecified atom stereocenters. The summed E-state index contributed by atoms with van der Waals surface area (Å²) in [5.41, 5.74) is 7.51. The molecule has 0 radical (unpaired) electrons. The summed E-state index contributed by atoms with van der Waals surface area (Å²) in [7, 11) is 0. The molecule has 3 N–H and O–H groups in total. The van der Waals surface area contributed by atoms with Crippen molar-refractivity contribution in [2.75, 3.05) is 6.54 Å². The Morgan fingerprint density at radius 1 is 1.50 bits per heavy atom. The molecule has 0 aliphatic heterocycles. The average molecular weight is 222 g/mol. The van der Waals surface area contributed by atoms with E-state index in [4.69, 9.17) is 10.5 Å². The smallest absolute Gasteiger partial charge is 0.410 e. The van der Waals surface area contributed by atoms with E-state index in [2.05, 4.69) is 5.32 Å². The molecule has 0 fully saturated rings. The van der Waals surface area contributed by atoms with E-state index < -0.39 is 6.09 Å². The predicted octanol–water partition coefficient (Wildman–Crippen LogP) is 1.74. The zero-order valence-electron chi connectivity index (χ0n) is 9.91. The predicted molar refractivity (Wildman–Crippen MR) is 63.6 cm³/mol. The fourth-order valence-corrected chi connectivity index (χ4v) is 1.20. The molecule has 0 aliphatic carbocycles. The lowest BCUT2D eigenvalue weighted by molar-refractivity contribution is 0.199. The Labute approximate surface area is 95.8 Å². The number of benzene rings is 1. The van der Waals surface area contributed by atoms with Crippen LogP contribution in [0.1, 0.15) is 18.1 Å². The van der Waals surface area contributed by atoms with Crippen molar-refractivity contribution in [3.8, 4) is 5.75 Å². The van der Waals surface area contributed by atoms with Gasteiger partial charge in [-0.15, -0.1) is 0 Å². The second-order valence-electron chi connectivity index (χ2n) is 4.02. The summed E-state index contributed by atoms with van der Waals surface area (Å²) in [6.45, 7) is 6.07.